The van der Waals surface area contributed by atoms with Crippen molar-refractivity contribution < 1.29 is 5.11 Å². The fourth-order valence-corrected chi connectivity index (χ4v) is 2.82. The monoisotopic (exact) mass is 326 g/mol. The van der Waals surface area contributed by atoms with E-state index >= 15 is 0 Å². The molecule has 3 nitrogen and oxygen atoms in total. The number of piperidine rings is 1. The lowest BCUT2D eigenvalue weighted by molar-refractivity contribution is 0.154. The molecule has 19 heavy (non-hydrogen) atoms. The Morgan fingerprint density at radius 1 is 1.47 bits per heavy atom. The number of hydrogen-bond acceptors (Lipinski definition) is 3. The predicted octanol–water partition coefficient (Wildman–Crippen LogP) is 2.91. The Balaban J connectivity index is 2.18. The lowest BCUT2D eigenvalue weighted by atomic mass is 10.1. The van der Waals surface area contributed by atoms with Gasteiger partial charge in [0.1, 0.15) is 0 Å². The third-order valence-electron chi connectivity index (χ3n) is 3.49. The van der Waals surface area contributed by atoms with E-state index in [1.807, 2.05) is 0 Å². The molecule has 2 rings (SSSR count). The van der Waals surface area contributed by atoms with Crippen LogP contribution in [0.4, 0.5) is 5.69 Å². The number of aliphatic hydroxyl groups is 1. The van der Waals surface area contributed by atoms with Crippen LogP contribution in [-0.2, 0) is 6.54 Å². The highest BCUT2D eigenvalue weighted by atomic mass is 79.9. The molecule has 0 aromatic heterocycles. The van der Waals surface area contributed by atoms with Crippen molar-refractivity contribution in [2.45, 2.75) is 45.4 Å². The fraction of sp³-hybridized carbons (Fsp3) is 0.600. The zero-order valence-corrected chi connectivity index (χ0v) is 13.3. The van der Waals surface area contributed by atoms with Gasteiger partial charge in [0.05, 0.1) is 6.10 Å². The van der Waals surface area contributed by atoms with Gasteiger partial charge in [-0.05, 0) is 30.5 Å². The van der Waals surface area contributed by atoms with Crippen molar-refractivity contribution in [1.82, 2.24) is 5.32 Å². The Bertz CT molecular complexity index is 423. The summed E-state index contributed by atoms with van der Waals surface area (Å²) in [5, 5.41) is 13.3. The van der Waals surface area contributed by atoms with Crippen LogP contribution in [0, 0.1) is 0 Å². The number of β-amino-alcohol motifs (C(OH)–C–C–N with tert-alkyl or cyclic N) is 1. The van der Waals surface area contributed by atoms with Gasteiger partial charge < -0.3 is 15.3 Å². The number of halogens is 1. The van der Waals surface area contributed by atoms with Gasteiger partial charge in [0.15, 0.2) is 0 Å². The standard InChI is InChI=1S/C15H23BrN2O/c1-11(2)17-9-12-5-6-13(16)8-15(12)18-7-3-4-14(19)10-18/h5-6,8,11,14,17,19H,3-4,7,9-10H2,1-2H3. The largest absolute Gasteiger partial charge is 0.391 e. The molecule has 1 saturated heterocycles. The molecule has 0 saturated carbocycles. The van der Waals surface area contributed by atoms with Gasteiger partial charge in [-0.2, -0.15) is 0 Å². The van der Waals surface area contributed by atoms with Crippen LogP contribution < -0.4 is 10.2 Å². The van der Waals surface area contributed by atoms with Crippen molar-refractivity contribution in [1.29, 1.82) is 0 Å². The molecular formula is C15H23BrN2O. The van der Waals surface area contributed by atoms with Gasteiger partial charge in [-0.1, -0.05) is 35.8 Å². The van der Waals surface area contributed by atoms with Crippen LogP contribution in [0.1, 0.15) is 32.3 Å². The molecule has 0 bridgehead atoms. The smallest absolute Gasteiger partial charge is 0.0715 e. The first-order valence-corrected chi connectivity index (χ1v) is 7.80. The summed E-state index contributed by atoms with van der Waals surface area (Å²) in [6.07, 6.45) is 1.79. The number of rotatable bonds is 4. The maximum Gasteiger partial charge on any atom is 0.0715 e. The average Bonchev–Trinajstić information content (AvgIpc) is 2.37. The van der Waals surface area contributed by atoms with Crippen molar-refractivity contribution in [3.05, 3.63) is 28.2 Å². The van der Waals surface area contributed by atoms with E-state index in [0.29, 0.717) is 6.04 Å². The van der Waals surface area contributed by atoms with Crippen LogP contribution in [0.5, 0.6) is 0 Å². The molecule has 2 N–H and O–H groups in total. The van der Waals surface area contributed by atoms with Crippen molar-refractivity contribution in [3.8, 4) is 0 Å². The lowest BCUT2D eigenvalue weighted by Gasteiger charge is -2.33. The number of hydrogen-bond donors (Lipinski definition) is 2. The highest BCUT2D eigenvalue weighted by Gasteiger charge is 2.20. The fourth-order valence-electron chi connectivity index (χ4n) is 2.47. The average molecular weight is 327 g/mol. The van der Waals surface area contributed by atoms with Gasteiger partial charge in [0.25, 0.3) is 0 Å². The Labute approximate surface area is 124 Å². The summed E-state index contributed by atoms with van der Waals surface area (Å²) in [6, 6.07) is 6.88. The van der Waals surface area contributed by atoms with E-state index in [1.165, 1.54) is 11.3 Å². The van der Waals surface area contributed by atoms with Crippen LogP contribution in [0.2, 0.25) is 0 Å². The summed E-state index contributed by atoms with van der Waals surface area (Å²) in [7, 11) is 0. The molecule has 1 atom stereocenters. The van der Waals surface area contributed by atoms with Crippen LogP contribution in [-0.4, -0.2) is 30.3 Å². The Hall–Kier alpha value is -0.580. The molecule has 1 aromatic carbocycles. The Morgan fingerprint density at radius 2 is 2.26 bits per heavy atom. The first-order chi connectivity index (χ1) is 9.06. The topological polar surface area (TPSA) is 35.5 Å². The Morgan fingerprint density at radius 3 is 2.95 bits per heavy atom. The minimum Gasteiger partial charge on any atom is -0.391 e. The third-order valence-corrected chi connectivity index (χ3v) is 3.98. The highest BCUT2D eigenvalue weighted by Crippen LogP contribution is 2.28. The maximum absolute atomic E-state index is 9.85. The molecule has 1 unspecified atom stereocenters. The lowest BCUT2D eigenvalue weighted by Crippen LogP contribution is -2.39. The van der Waals surface area contributed by atoms with Crippen molar-refractivity contribution in [2.75, 3.05) is 18.0 Å². The Kier molecular flexibility index (Phi) is 5.25. The summed E-state index contributed by atoms with van der Waals surface area (Å²) in [6.45, 7) is 6.95. The van der Waals surface area contributed by atoms with E-state index in [9.17, 15) is 5.11 Å². The number of anilines is 1. The molecular weight excluding hydrogens is 304 g/mol. The van der Waals surface area contributed by atoms with Gasteiger partial charge in [0.2, 0.25) is 0 Å². The summed E-state index contributed by atoms with van der Waals surface area (Å²) in [4.78, 5) is 2.30. The van der Waals surface area contributed by atoms with Gasteiger partial charge >= 0.3 is 0 Å². The second-order valence-electron chi connectivity index (χ2n) is 5.55. The molecule has 0 aliphatic carbocycles. The van der Waals surface area contributed by atoms with Gasteiger partial charge in [-0.3, -0.25) is 0 Å². The third kappa shape index (κ3) is 4.20. The normalized spacial score (nSPS) is 20.1. The molecule has 1 aliphatic rings. The molecule has 1 fully saturated rings. The molecule has 1 aliphatic heterocycles. The molecule has 0 spiro atoms. The second kappa shape index (κ2) is 6.73. The molecule has 0 radical (unpaired) electrons. The van der Waals surface area contributed by atoms with Gasteiger partial charge in [0, 0.05) is 35.8 Å². The van der Waals surface area contributed by atoms with Crippen molar-refractivity contribution in [2.24, 2.45) is 0 Å². The van der Waals surface area contributed by atoms with Crippen molar-refractivity contribution >= 4 is 21.6 Å². The van der Waals surface area contributed by atoms with Crippen LogP contribution in [0.25, 0.3) is 0 Å². The predicted molar refractivity (Wildman–Crippen MR) is 83.6 cm³/mol. The summed E-state index contributed by atoms with van der Waals surface area (Å²) < 4.78 is 1.09. The van der Waals surface area contributed by atoms with Crippen LogP contribution >= 0.6 is 15.9 Å². The maximum atomic E-state index is 9.85. The van der Waals surface area contributed by atoms with E-state index in [1.54, 1.807) is 0 Å². The quantitative estimate of drug-likeness (QED) is 0.893. The number of nitrogens with one attached hydrogen (secondary N) is 1. The first kappa shape index (κ1) is 14.8. The van der Waals surface area contributed by atoms with E-state index in [2.05, 4.69) is 58.2 Å². The molecule has 0 amide bonds. The number of aliphatic hydroxyl groups excluding tert-OH is 1. The molecule has 1 aromatic rings. The first-order valence-electron chi connectivity index (χ1n) is 7.01. The van der Waals surface area contributed by atoms with Crippen LogP contribution in [0.3, 0.4) is 0 Å². The van der Waals surface area contributed by atoms with Crippen LogP contribution in [0.15, 0.2) is 22.7 Å². The van der Waals surface area contributed by atoms with E-state index < -0.39 is 0 Å². The summed E-state index contributed by atoms with van der Waals surface area (Å²) in [5.74, 6) is 0. The molecule has 106 valence electrons. The molecule has 4 heteroatoms. The minimum atomic E-state index is -0.196. The zero-order chi connectivity index (χ0) is 13.8. The molecule has 1 heterocycles. The number of benzene rings is 1. The summed E-state index contributed by atoms with van der Waals surface area (Å²) in [5.41, 5.74) is 2.53. The van der Waals surface area contributed by atoms with E-state index in [4.69, 9.17) is 0 Å². The van der Waals surface area contributed by atoms with E-state index in [-0.39, 0.29) is 6.10 Å². The zero-order valence-electron chi connectivity index (χ0n) is 11.7. The second-order valence-corrected chi connectivity index (χ2v) is 6.47. The minimum absolute atomic E-state index is 0.196. The highest BCUT2D eigenvalue weighted by molar-refractivity contribution is 9.10. The number of nitrogens with zero attached hydrogens (tertiary/aromatic N) is 1. The SMILES string of the molecule is CC(C)NCc1ccc(Br)cc1N1CCCC(O)C1. The van der Waals surface area contributed by atoms with Gasteiger partial charge in [-0.15, -0.1) is 0 Å². The van der Waals surface area contributed by atoms with E-state index in [0.717, 1.165) is 36.9 Å². The van der Waals surface area contributed by atoms with Gasteiger partial charge in [-0.25, -0.2) is 0 Å². The summed E-state index contributed by atoms with van der Waals surface area (Å²) >= 11 is 3.55. The van der Waals surface area contributed by atoms with Crippen molar-refractivity contribution in [3.63, 3.8) is 0 Å².